The second kappa shape index (κ2) is 9.84. The van der Waals surface area contributed by atoms with Crippen LogP contribution in [0.5, 0.6) is 5.75 Å². The molecule has 0 spiro atoms. The van der Waals surface area contributed by atoms with E-state index >= 15 is 0 Å². The van der Waals surface area contributed by atoms with Gasteiger partial charge in [0.15, 0.2) is 0 Å². The number of aromatic amines is 1. The highest BCUT2D eigenvalue weighted by Crippen LogP contribution is 2.47. The summed E-state index contributed by atoms with van der Waals surface area (Å²) in [6.07, 6.45) is 1.38. The summed E-state index contributed by atoms with van der Waals surface area (Å²) in [6.45, 7) is 1.59. The van der Waals surface area contributed by atoms with Crippen LogP contribution >= 0.6 is 7.75 Å². The summed E-state index contributed by atoms with van der Waals surface area (Å²) in [5.41, 5.74) is -1.06. The number of fused-ring (bicyclic) bond motifs is 1. The van der Waals surface area contributed by atoms with E-state index in [2.05, 4.69) is 10.1 Å². The maximum atomic E-state index is 13.4. The van der Waals surface area contributed by atoms with E-state index in [1.54, 1.807) is 12.1 Å². The minimum absolute atomic E-state index is 0.0662. The van der Waals surface area contributed by atoms with Crippen LogP contribution in [0.15, 0.2) is 64.3 Å². The molecule has 1 aromatic heterocycles. The van der Waals surface area contributed by atoms with Crippen molar-refractivity contribution < 1.29 is 23.1 Å². The van der Waals surface area contributed by atoms with Crippen LogP contribution in [-0.4, -0.2) is 35.1 Å². The lowest BCUT2D eigenvalue weighted by atomic mass is 10.1. The van der Waals surface area contributed by atoms with Crippen LogP contribution < -0.4 is 20.9 Å². The highest BCUT2D eigenvalue weighted by atomic mass is 31.2. The Morgan fingerprint density at radius 3 is 2.79 bits per heavy atom. The molecule has 2 aromatic carbocycles. The number of nitrogens with zero attached hydrogens (tertiary/aromatic N) is 1. The van der Waals surface area contributed by atoms with Crippen LogP contribution in [0.2, 0.25) is 0 Å². The van der Waals surface area contributed by atoms with Gasteiger partial charge in [-0.15, -0.1) is 0 Å². The molecule has 2 heterocycles. The van der Waals surface area contributed by atoms with Crippen molar-refractivity contribution in [2.24, 2.45) is 5.92 Å². The predicted octanol–water partition coefficient (Wildman–Crippen LogP) is 2.61. The molecule has 4 rings (SSSR count). The number of aromatic nitrogens is 2. The molecule has 1 saturated heterocycles. The molecule has 174 valence electrons. The molecule has 33 heavy (non-hydrogen) atoms. The molecule has 0 bridgehead atoms. The van der Waals surface area contributed by atoms with Crippen molar-refractivity contribution in [3.8, 4) is 5.75 Å². The number of carbonyl (C=O) groups excluding carboxylic acids is 1. The number of hydrogen-bond acceptors (Lipinski definition) is 7. The Morgan fingerprint density at radius 2 is 2.00 bits per heavy atom. The fraction of sp³-hybridized carbons (Fsp3) is 0.318. The van der Waals surface area contributed by atoms with Crippen molar-refractivity contribution in [3.63, 3.8) is 0 Å². The largest absolute Gasteiger partial charge is 0.459 e. The summed E-state index contributed by atoms with van der Waals surface area (Å²) in [5, 5.41) is 4.20. The van der Waals surface area contributed by atoms with Gasteiger partial charge in [-0.1, -0.05) is 43.3 Å². The molecule has 10 nitrogen and oxygen atoms in total. The summed E-state index contributed by atoms with van der Waals surface area (Å²) >= 11 is 0. The van der Waals surface area contributed by atoms with E-state index in [0.717, 1.165) is 10.8 Å². The first kappa shape index (κ1) is 23.1. The van der Waals surface area contributed by atoms with Crippen molar-refractivity contribution in [2.75, 3.05) is 13.2 Å². The van der Waals surface area contributed by atoms with Gasteiger partial charge in [0.2, 0.25) is 0 Å². The van der Waals surface area contributed by atoms with Crippen LogP contribution in [0.4, 0.5) is 0 Å². The van der Waals surface area contributed by atoms with E-state index < -0.39 is 31.3 Å². The van der Waals surface area contributed by atoms with Crippen LogP contribution in [0.3, 0.4) is 0 Å². The third kappa shape index (κ3) is 5.31. The van der Waals surface area contributed by atoms with Gasteiger partial charge in [-0.25, -0.2) is 14.4 Å². The van der Waals surface area contributed by atoms with Gasteiger partial charge in [0.25, 0.3) is 5.56 Å². The number of benzene rings is 2. The lowest BCUT2D eigenvalue weighted by Crippen LogP contribution is -2.33. The number of carbonyl (C=O) groups is 1. The SMILES string of the molecule is CC1CC(COP(=O)(NCC=O)Oc2cccc3ccccc23)OC1n1ccc(=O)[nH]c1=O. The average Bonchev–Trinajstić information content (AvgIpc) is 3.17. The first-order valence-electron chi connectivity index (χ1n) is 10.5. The Morgan fingerprint density at radius 1 is 1.21 bits per heavy atom. The van der Waals surface area contributed by atoms with Gasteiger partial charge in [0.05, 0.1) is 19.3 Å². The van der Waals surface area contributed by atoms with E-state index in [1.807, 2.05) is 37.3 Å². The Balaban J connectivity index is 1.49. The molecule has 1 aliphatic heterocycles. The molecule has 3 aromatic rings. The Hall–Kier alpha value is -3.04. The predicted molar refractivity (Wildman–Crippen MR) is 121 cm³/mol. The molecule has 1 aliphatic rings. The quantitative estimate of drug-likeness (QED) is 0.359. The highest BCUT2D eigenvalue weighted by molar-refractivity contribution is 7.52. The summed E-state index contributed by atoms with van der Waals surface area (Å²) < 4.78 is 32.1. The Labute approximate surface area is 189 Å². The van der Waals surface area contributed by atoms with Gasteiger partial charge in [-0.2, -0.15) is 0 Å². The number of aldehydes is 1. The summed E-state index contributed by atoms with van der Waals surface area (Å²) in [4.78, 5) is 36.5. The van der Waals surface area contributed by atoms with E-state index in [4.69, 9.17) is 13.8 Å². The zero-order chi connectivity index (χ0) is 23.4. The molecule has 11 heteroatoms. The fourth-order valence-corrected chi connectivity index (χ4v) is 5.12. The molecule has 1 fully saturated rings. The van der Waals surface area contributed by atoms with Crippen molar-refractivity contribution in [2.45, 2.75) is 25.7 Å². The van der Waals surface area contributed by atoms with Crippen LogP contribution in [0.25, 0.3) is 10.8 Å². The normalized spacial score (nSPS) is 22.2. The van der Waals surface area contributed by atoms with Gasteiger partial charge in [-0.3, -0.25) is 18.9 Å². The third-order valence-electron chi connectivity index (χ3n) is 5.35. The zero-order valence-corrected chi connectivity index (χ0v) is 18.8. The number of hydrogen-bond donors (Lipinski definition) is 2. The fourth-order valence-electron chi connectivity index (χ4n) is 3.83. The van der Waals surface area contributed by atoms with Crippen molar-refractivity contribution >= 4 is 24.8 Å². The van der Waals surface area contributed by atoms with Gasteiger partial charge >= 0.3 is 13.4 Å². The molecule has 0 radical (unpaired) electrons. The Bertz CT molecular complexity index is 1300. The second-order valence-electron chi connectivity index (χ2n) is 7.77. The molecular weight excluding hydrogens is 449 g/mol. The molecule has 0 saturated carbocycles. The average molecular weight is 473 g/mol. The van der Waals surface area contributed by atoms with Gasteiger partial charge < -0.3 is 14.1 Å². The lowest BCUT2D eigenvalue weighted by molar-refractivity contribution is -0.107. The molecule has 0 aliphatic carbocycles. The number of ether oxygens (including phenoxy) is 1. The topological polar surface area (TPSA) is 129 Å². The lowest BCUT2D eigenvalue weighted by Gasteiger charge is -2.22. The van der Waals surface area contributed by atoms with Crippen LogP contribution in [0.1, 0.15) is 19.6 Å². The Kier molecular flexibility index (Phi) is 6.90. The minimum atomic E-state index is -3.92. The van der Waals surface area contributed by atoms with Crippen LogP contribution in [-0.2, 0) is 18.6 Å². The van der Waals surface area contributed by atoms with E-state index in [9.17, 15) is 18.9 Å². The van der Waals surface area contributed by atoms with Gasteiger partial charge in [-0.05, 0) is 17.9 Å². The maximum absolute atomic E-state index is 13.4. The molecule has 4 atom stereocenters. The summed E-state index contributed by atoms with van der Waals surface area (Å²) in [6, 6.07) is 14.1. The maximum Gasteiger partial charge on any atom is 0.459 e. The second-order valence-corrected chi connectivity index (χ2v) is 9.52. The minimum Gasteiger partial charge on any atom is -0.413 e. The van der Waals surface area contributed by atoms with Crippen molar-refractivity contribution in [1.82, 2.24) is 14.6 Å². The van der Waals surface area contributed by atoms with Crippen molar-refractivity contribution in [1.29, 1.82) is 0 Å². The first-order valence-corrected chi connectivity index (χ1v) is 12.0. The molecule has 2 N–H and O–H groups in total. The van der Waals surface area contributed by atoms with Crippen LogP contribution in [0, 0.1) is 5.92 Å². The van der Waals surface area contributed by atoms with Gasteiger partial charge in [0.1, 0.15) is 18.3 Å². The number of nitrogens with one attached hydrogen (secondary N) is 2. The molecule has 4 unspecified atom stereocenters. The monoisotopic (exact) mass is 473 g/mol. The first-order chi connectivity index (χ1) is 15.9. The summed E-state index contributed by atoms with van der Waals surface area (Å²) in [5.74, 6) is 0.289. The molecular formula is C22H24N3O7P. The number of H-pyrrole nitrogens is 1. The van der Waals surface area contributed by atoms with Gasteiger partial charge in [0, 0.05) is 23.6 Å². The van der Waals surface area contributed by atoms with E-state index in [1.165, 1.54) is 16.8 Å². The zero-order valence-electron chi connectivity index (χ0n) is 17.9. The van der Waals surface area contributed by atoms with E-state index in [-0.39, 0.29) is 19.1 Å². The highest BCUT2D eigenvalue weighted by Gasteiger charge is 2.36. The van der Waals surface area contributed by atoms with E-state index in [0.29, 0.717) is 18.5 Å². The smallest absolute Gasteiger partial charge is 0.413 e. The molecule has 0 amide bonds. The third-order valence-corrected chi connectivity index (χ3v) is 6.84. The summed E-state index contributed by atoms with van der Waals surface area (Å²) in [7, 11) is -3.92. The standard InChI is InChI=1S/C22H24N3O7P/c1-15-13-17(31-21(15)25-11-9-20(27)24-22(25)28)14-30-33(29,23-10-12-26)32-19-8-4-6-16-5-2-3-7-18(16)19/h2-9,11-12,15,17,21H,10,13-14H2,1H3,(H,23,29)(H,24,27,28). The number of rotatable bonds is 9. The van der Waals surface area contributed by atoms with Crippen molar-refractivity contribution in [3.05, 3.63) is 75.6 Å².